The first-order valence-electron chi connectivity index (χ1n) is 7.09. The van der Waals surface area contributed by atoms with Gasteiger partial charge in [0, 0.05) is 6.54 Å². The maximum atomic E-state index is 11.9. The van der Waals surface area contributed by atoms with Crippen LogP contribution in [-0.4, -0.2) is 37.5 Å². The van der Waals surface area contributed by atoms with E-state index < -0.39 is 6.04 Å². The van der Waals surface area contributed by atoms with Crippen molar-refractivity contribution in [3.05, 3.63) is 35.4 Å². The fourth-order valence-electron chi connectivity index (χ4n) is 2.01. The number of carbonyl (C=O) groups excluding carboxylic acids is 1. The molecular formula is C16H28ClN3O. The molecule has 0 saturated heterocycles. The summed E-state index contributed by atoms with van der Waals surface area (Å²) in [4.78, 5) is 14.0. The molecule has 21 heavy (non-hydrogen) atoms. The fraction of sp³-hybridized carbons (Fsp3) is 0.562. The van der Waals surface area contributed by atoms with Gasteiger partial charge in [0.25, 0.3) is 0 Å². The van der Waals surface area contributed by atoms with Crippen LogP contribution in [-0.2, 0) is 4.79 Å². The third-order valence-corrected chi connectivity index (χ3v) is 3.58. The van der Waals surface area contributed by atoms with Gasteiger partial charge in [-0.1, -0.05) is 43.7 Å². The van der Waals surface area contributed by atoms with Crippen LogP contribution in [0.4, 0.5) is 0 Å². The summed E-state index contributed by atoms with van der Waals surface area (Å²) >= 11 is 0. The third-order valence-electron chi connectivity index (χ3n) is 3.58. The standard InChI is InChI=1S/C16H27N3O.ClH/c1-11(2)15(17)16(20)18-10-14(19(4)5)13-8-6-12(3)7-9-13;/h6-9,11,14-15H,10,17H2,1-5H3,(H,18,20);1H/t14?,15-;/m0./s1. The second-order valence-corrected chi connectivity index (χ2v) is 5.91. The van der Waals surface area contributed by atoms with Gasteiger partial charge in [-0.25, -0.2) is 0 Å². The molecule has 0 fully saturated rings. The Kier molecular flexibility index (Phi) is 8.55. The van der Waals surface area contributed by atoms with E-state index in [4.69, 9.17) is 5.73 Å². The number of rotatable bonds is 6. The van der Waals surface area contributed by atoms with E-state index >= 15 is 0 Å². The number of halogens is 1. The predicted molar refractivity (Wildman–Crippen MR) is 90.7 cm³/mol. The molecule has 1 unspecified atom stereocenters. The molecule has 1 amide bonds. The number of nitrogens with two attached hydrogens (primary N) is 1. The maximum absolute atomic E-state index is 11.9. The van der Waals surface area contributed by atoms with Crippen molar-refractivity contribution in [2.24, 2.45) is 11.7 Å². The summed E-state index contributed by atoms with van der Waals surface area (Å²) in [5, 5.41) is 2.95. The van der Waals surface area contributed by atoms with Gasteiger partial charge in [-0.2, -0.15) is 0 Å². The van der Waals surface area contributed by atoms with E-state index in [9.17, 15) is 4.79 Å². The van der Waals surface area contributed by atoms with E-state index in [-0.39, 0.29) is 30.3 Å². The first-order chi connectivity index (χ1) is 9.32. The number of hydrogen-bond acceptors (Lipinski definition) is 3. The second kappa shape index (κ2) is 9.03. The topological polar surface area (TPSA) is 58.4 Å². The van der Waals surface area contributed by atoms with E-state index in [1.807, 2.05) is 27.9 Å². The number of nitrogens with one attached hydrogen (secondary N) is 1. The predicted octanol–water partition coefficient (Wildman–Crippen LogP) is 2.12. The van der Waals surface area contributed by atoms with E-state index in [0.717, 1.165) is 0 Å². The maximum Gasteiger partial charge on any atom is 0.237 e. The van der Waals surface area contributed by atoms with Gasteiger partial charge in [-0.05, 0) is 32.5 Å². The number of likely N-dealkylation sites (N-methyl/N-ethyl adjacent to an activating group) is 1. The molecule has 0 aliphatic carbocycles. The SMILES string of the molecule is Cc1ccc(C(CNC(=O)[C@@H](N)C(C)C)N(C)C)cc1.Cl. The first-order valence-corrected chi connectivity index (χ1v) is 7.09. The minimum Gasteiger partial charge on any atom is -0.353 e. The molecule has 4 nitrogen and oxygen atoms in total. The highest BCUT2D eigenvalue weighted by molar-refractivity contribution is 5.85. The molecule has 2 atom stereocenters. The number of carbonyl (C=O) groups is 1. The Morgan fingerprint density at radius 2 is 1.76 bits per heavy atom. The zero-order chi connectivity index (χ0) is 15.3. The Morgan fingerprint density at radius 3 is 2.19 bits per heavy atom. The number of benzene rings is 1. The normalized spacial score (nSPS) is 13.7. The number of aryl methyl sites for hydroxylation is 1. The molecule has 1 aromatic carbocycles. The Hall–Kier alpha value is -1.10. The lowest BCUT2D eigenvalue weighted by molar-refractivity contribution is -0.123. The quantitative estimate of drug-likeness (QED) is 0.846. The summed E-state index contributed by atoms with van der Waals surface area (Å²) in [5.41, 5.74) is 8.28. The van der Waals surface area contributed by atoms with Crippen LogP contribution in [0.3, 0.4) is 0 Å². The van der Waals surface area contributed by atoms with Crippen LogP contribution in [0.15, 0.2) is 24.3 Å². The van der Waals surface area contributed by atoms with Crippen molar-refractivity contribution < 1.29 is 4.79 Å². The Bertz CT molecular complexity index is 432. The van der Waals surface area contributed by atoms with Crippen LogP contribution < -0.4 is 11.1 Å². The Morgan fingerprint density at radius 1 is 1.24 bits per heavy atom. The zero-order valence-corrected chi connectivity index (χ0v) is 14.4. The monoisotopic (exact) mass is 313 g/mol. The Labute approximate surface area is 134 Å². The van der Waals surface area contributed by atoms with Crippen LogP contribution in [0.5, 0.6) is 0 Å². The van der Waals surface area contributed by atoms with Gasteiger partial charge in [0.2, 0.25) is 5.91 Å². The van der Waals surface area contributed by atoms with E-state index in [1.54, 1.807) is 0 Å². The summed E-state index contributed by atoms with van der Waals surface area (Å²) in [5.74, 6) is 0.0612. The fourth-order valence-corrected chi connectivity index (χ4v) is 2.01. The van der Waals surface area contributed by atoms with E-state index in [2.05, 4.69) is 41.4 Å². The highest BCUT2D eigenvalue weighted by Gasteiger charge is 2.20. The van der Waals surface area contributed by atoms with Crippen LogP contribution in [0.25, 0.3) is 0 Å². The molecule has 3 N–H and O–H groups in total. The molecule has 0 aromatic heterocycles. The molecule has 120 valence electrons. The highest BCUT2D eigenvalue weighted by Crippen LogP contribution is 2.18. The Balaban J connectivity index is 0.00000400. The number of amides is 1. The van der Waals surface area contributed by atoms with Gasteiger partial charge >= 0.3 is 0 Å². The van der Waals surface area contributed by atoms with Crippen molar-refractivity contribution in [3.8, 4) is 0 Å². The van der Waals surface area contributed by atoms with Crippen LogP contribution in [0.1, 0.15) is 31.0 Å². The van der Waals surface area contributed by atoms with Crippen molar-refractivity contribution in [2.45, 2.75) is 32.9 Å². The number of hydrogen-bond donors (Lipinski definition) is 2. The van der Waals surface area contributed by atoms with E-state index in [1.165, 1.54) is 11.1 Å². The molecule has 5 heteroatoms. The van der Waals surface area contributed by atoms with E-state index in [0.29, 0.717) is 6.54 Å². The molecule has 0 bridgehead atoms. The lowest BCUT2D eigenvalue weighted by Crippen LogP contribution is -2.46. The van der Waals surface area contributed by atoms with Gasteiger partial charge in [0.15, 0.2) is 0 Å². The van der Waals surface area contributed by atoms with Gasteiger partial charge in [0.05, 0.1) is 12.1 Å². The van der Waals surface area contributed by atoms with Crippen molar-refractivity contribution in [3.63, 3.8) is 0 Å². The van der Waals surface area contributed by atoms with Gasteiger partial charge in [-0.15, -0.1) is 12.4 Å². The average molecular weight is 314 g/mol. The minimum atomic E-state index is -0.448. The smallest absolute Gasteiger partial charge is 0.237 e. The summed E-state index contributed by atoms with van der Waals surface area (Å²) in [7, 11) is 4.03. The van der Waals surface area contributed by atoms with Gasteiger partial charge in [0.1, 0.15) is 0 Å². The molecular weight excluding hydrogens is 286 g/mol. The second-order valence-electron chi connectivity index (χ2n) is 5.91. The molecule has 0 spiro atoms. The number of nitrogens with zero attached hydrogens (tertiary/aromatic N) is 1. The molecule has 0 saturated carbocycles. The van der Waals surface area contributed by atoms with Crippen LogP contribution in [0.2, 0.25) is 0 Å². The first kappa shape index (κ1) is 19.9. The van der Waals surface area contributed by atoms with Crippen molar-refractivity contribution in [1.82, 2.24) is 10.2 Å². The lowest BCUT2D eigenvalue weighted by atomic mass is 10.0. The summed E-state index contributed by atoms with van der Waals surface area (Å²) in [6, 6.07) is 8.10. The largest absolute Gasteiger partial charge is 0.353 e. The summed E-state index contributed by atoms with van der Waals surface area (Å²) < 4.78 is 0. The van der Waals surface area contributed by atoms with Crippen molar-refractivity contribution >= 4 is 18.3 Å². The molecule has 1 aromatic rings. The lowest BCUT2D eigenvalue weighted by Gasteiger charge is -2.26. The summed E-state index contributed by atoms with van der Waals surface area (Å²) in [6.07, 6.45) is 0. The third kappa shape index (κ3) is 6.04. The molecule has 0 heterocycles. The van der Waals surface area contributed by atoms with Gasteiger partial charge < -0.3 is 16.0 Å². The van der Waals surface area contributed by atoms with Crippen LogP contribution >= 0.6 is 12.4 Å². The molecule has 0 aliphatic heterocycles. The highest BCUT2D eigenvalue weighted by atomic mass is 35.5. The average Bonchev–Trinajstić information content (AvgIpc) is 2.39. The molecule has 0 aliphatic rings. The molecule has 1 rings (SSSR count). The summed E-state index contributed by atoms with van der Waals surface area (Å²) in [6.45, 7) is 6.54. The van der Waals surface area contributed by atoms with Crippen molar-refractivity contribution in [1.29, 1.82) is 0 Å². The van der Waals surface area contributed by atoms with Crippen molar-refractivity contribution in [2.75, 3.05) is 20.6 Å². The minimum absolute atomic E-state index is 0. The van der Waals surface area contributed by atoms with Gasteiger partial charge in [-0.3, -0.25) is 4.79 Å². The van der Waals surface area contributed by atoms with Crippen LogP contribution in [0, 0.1) is 12.8 Å². The molecule has 0 radical (unpaired) electrons. The zero-order valence-electron chi connectivity index (χ0n) is 13.6.